The molecule has 0 radical (unpaired) electrons. The van der Waals surface area contributed by atoms with Crippen molar-refractivity contribution in [3.8, 4) is 0 Å². The van der Waals surface area contributed by atoms with Gasteiger partial charge in [0.05, 0.1) is 0 Å². The summed E-state index contributed by atoms with van der Waals surface area (Å²) < 4.78 is 38.6. The van der Waals surface area contributed by atoms with E-state index in [1.807, 2.05) is 18.7 Å². The number of halogens is 3. The van der Waals surface area contributed by atoms with Gasteiger partial charge in [0.2, 0.25) is 0 Å². The number of aromatic nitrogens is 1. The molecule has 0 bridgehead atoms. The third-order valence-electron chi connectivity index (χ3n) is 3.51. The Bertz CT molecular complexity index is 554. The Balaban J connectivity index is 2.18. The number of urea groups is 1. The fraction of sp³-hybridized carbons (Fsp3) is 0.600. The van der Waals surface area contributed by atoms with Gasteiger partial charge in [-0.25, -0.2) is 9.78 Å². The number of alkyl halides is 3. The Kier molecular flexibility index (Phi) is 5.33. The van der Waals surface area contributed by atoms with E-state index in [0.717, 1.165) is 18.9 Å². The van der Waals surface area contributed by atoms with Crippen molar-refractivity contribution in [1.29, 1.82) is 0 Å². The van der Waals surface area contributed by atoms with E-state index in [1.165, 1.54) is 6.07 Å². The lowest BCUT2D eigenvalue weighted by atomic mass is 10.2. The molecule has 1 fully saturated rings. The maximum absolute atomic E-state index is 12.9. The molecule has 2 amide bonds. The SMILES string of the molecule is CC(C)NC(=O)NCc1ccc(C(F)(F)F)nc1N1CCCC1. The van der Waals surface area contributed by atoms with Crippen molar-refractivity contribution in [2.75, 3.05) is 18.0 Å². The molecule has 1 aromatic rings. The van der Waals surface area contributed by atoms with E-state index >= 15 is 0 Å². The Labute approximate surface area is 133 Å². The molecule has 2 N–H and O–H groups in total. The van der Waals surface area contributed by atoms with Crippen molar-refractivity contribution in [2.45, 2.75) is 45.5 Å². The van der Waals surface area contributed by atoms with Crippen LogP contribution in [0.25, 0.3) is 0 Å². The highest BCUT2D eigenvalue weighted by Gasteiger charge is 2.33. The number of pyridine rings is 1. The maximum atomic E-state index is 12.9. The molecule has 2 rings (SSSR count). The number of anilines is 1. The number of rotatable bonds is 4. The highest BCUT2D eigenvalue weighted by molar-refractivity contribution is 5.74. The first-order valence-electron chi connectivity index (χ1n) is 7.64. The fourth-order valence-corrected chi connectivity index (χ4v) is 2.46. The molecule has 1 saturated heterocycles. The highest BCUT2D eigenvalue weighted by Crippen LogP contribution is 2.31. The fourth-order valence-electron chi connectivity index (χ4n) is 2.46. The monoisotopic (exact) mass is 330 g/mol. The number of nitrogens with zero attached hydrogens (tertiary/aromatic N) is 2. The van der Waals surface area contributed by atoms with Crippen molar-refractivity contribution >= 4 is 11.8 Å². The number of carbonyl (C=O) groups is 1. The third-order valence-corrected chi connectivity index (χ3v) is 3.51. The highest BCUT2D eigenvalue weighted by atomic mass is 19.4. The van der Waals surface area contributed by atoms with Crippen LogP contribution in [0.15, 0.2) is 12.1 Å². The van der Waals surface area contributed by atoms with Crippen molar-refractivity contribution in [2.24, 2.45) is 0 Å². The second-order valence-electron chi connectivity index (χ2n) is 5.85. The van der Waals surface area contributed by atoms with Crippen LogP contribution in [0, 0.1) is 0 Å². The van der Waals surface area contributed by atoms with Gasteiger partial charge in [-0.1, -0.05) is 6.07 Å². The van der Waals surface area contributed by atoms with E-state index in [9.17, 15) is 18.0 Å². The molecule has 128 valence electrons. The van der Waals surface area contributed by atoms with E-state index in [4.69, 9.17) is 0 Å². The molecule has 1 aliphatic heterocycles. The lowest BCUT2D eigenvalue weighted by molar-refractivity contribution is -0.141. The van der Waals surface area contributed by atoms with Gasteiger partial charge in [-0.3, -0.25) is 0 Å². The third kappa shape index (κ3) is 4.74. The molecule has 0 spiro atoms. The predicted molar refractivity (Wildman–Crippen MR) is 81.2 cm³/mol. The summed E-state index contributed by atoms with van der Waals surface area (Å²) in [5, 5.41) is 5.33. The minimum atomic E-state index is -4.48. The number of hydrogen-bond donors (Lipinski definition) is 2. The summed E-state index contributed by atoms with van der Waals surface area (Å²) in [6.07, 6.45) is -2.62. The zero-order valence-corrected chi connectivity index (χ0v) is 13.2. The lowest BCUT2D eigenvalue weighted by Gasteiger charge is -2.22. The zero-order chi connectivity index (χ0) is 17.0. The van der Waals surface area contributed by atoms with Crippen LogP contribution in [0.3, 0.4) is 0 Å². The van der Waals surface area contributed by atoms with Gasteiger partial charge in [-0.15, -0.1) is 0 Å². The summed E-state index contributed by atoms with van der Waals surface area (Å²) in [6.45, 7) is 5.15. The summed E-state index contributed by atoms with van der Waals surface area (Å²) in [4.78, 5) is 17.3. The summed E-state index contributed by atoms with van der Waals surface area (Å²) in [5.74, 6) is 0.308. The number of amides is 2. The number of carbonyl (C=O) groups excluding carboxylic acids is 1. The first-order valence-corrected chi connectivity index (χ1v) is 7.64. The van der Waals surface area contributed by atoms with Gasteiger partial charge < -0.3 is 15.5 Å². The van der Waals surface area contributed by atoms with Crippen LogP contribution in [0.4, 0.5) is 23.8 Å². The molecule has 1 aromatic heterocycles. The van der Waals surface area contributed by atoms with Gasteiger partial charge in [-0.2, -0.15) is 13.2 Å². The minimum Gasteiger partial charge on any atom is -0.356 e. The smallest absolute Gasteiger partial charge is 0.356 e. The van der Waals surface area contributed by atoms with Gasteiger partial charge in [0.25, 0.3) is 0 Å². The van der Waals surface area contributed by atoms with E-state index in [0.29, 0.717) is 24.5 Å². The zero-order valence-electron chi connectivity index (χ0n) is 13.2. The molecule has 0 atom stereocenters. The Morgan fingerprint density at radius 2 is 1.96 bits per heavy atom. The molecule has 0 unspecified atom stereocenters. The van der Waals surface area contributed by atoms with E-state index in [2.05, 4.69) is 15.6 Å². The molecule has 2 heterocycles. The summed E-state index contributed by atoms with van der Waals surface area (Å²) in [5.41, 5.74) is -0.325. The van der Waals surface area contributed by atoms with E-state index in [1.54, 1.807) is 0 Å². The van der Waals surface area contributed by atoms with E-state index in [-0.39, 0.29) is 18.6 Å². The Hall–Kier alpha value is -1.99. The van der Waals surface area contributed by atoms with Gasteiger partial charge in [0.1, 0.15) is 11.5 Å². The quantitative estimate of drug-likeness (QED) is 0.892. The maximum Gasteiger partial charge on any atom is 0.433 e. The standard InChI is InChI=1S/C15H21F3N4O/c1-10(2)20-14(23)19-9-11-5-6-12(15(16,17)18)21-13(11)22-7-3-4-8-22/h5-6,10H,3-4,7-9H2,1-2H3,(H2,19,20,23). The lowest BCUT2D eigenvalue weighted by Crippen LogP contribution is -2.39. The van der Waals surface area contributed by atoms with Crippen molar-refractivity contribution < 1.29 is 18.0 Å². The summed E-state index contributed by atoms with van der Waals surface area (Å²) >= 11 is 0. The van der Waals surface area contributed by atoms with Crippen LogP contribution < -0.4 is 15.5 Å². The van der Waals surface area contributed by atoms with Crippen LogP contribution in [-0.2, 0) is 12.7 Å². The molecule has 5 nitrogen and oxygen atoms in total. The van der Waals surface area contributed by atoms with Crippen LogP contribution in [-0.4, -0.2) is 30.1 Å². The molecule has 1 aliphatic rings. The van der Waals surface area contributed by atoms with Gasteiger partial charge in [-0.05, 0) is 32.8 Å². The largest absolute Gasteiger partial charge is 0.433 e. The topological polar surface area (TPSA) is 57.3 Å². The first kappa shape index (κ1) is 17.4. The molecule has 23 heavy (non-hydrogen) atoms. The Morgan fingerprint density at radius 3 is 2.52 bits per heavy atom. The van der Waals surface area contributed by atoms with Gasteiger partial charge in [0, 0.05) is 31.2 Å². The van der Waals surface area contributed by atoms with E-state index < -0.39 is 11.9 Å². The van der Waals surface area contributed by atoms with Crippen molar-refractivity contribution in [3.05, 3.63) is 23.4 Å². The number of nitrogens with one attached hydrogen (secondary N) is 2. The predicted octanol–water partition coefficient (Wildman–Crippen LogP) is 2.91. The van der Waals surface area contributed by atoms with Crippen LogP contribution in [0.2, 0.25) is 0 Å². The van der Waals surface area contributed by atoms with Gasteiger partial charge in [0.15, 0.2) is 0 Å². The second-order valence-corrected chi connectivity index (χ2v) is 5.85. The Morgan fingerprint density at radius 1 is 1.30 bits per heavy atom. The number of hydrogen-bond acceptors (Lipinski definition) is 3. The summed E-state index contributed by atoms with van der Waals surface area (Å²) in [6, 6.07) is 1.97. The van der Waals surface area contributed by atoms with Crippen LogP contribution >= 0.6 is 0 Å². The average molecular weight is 330 g/mol. The average Bonchev–Trinajstić information content (AvgIpc) is 2.97. The molecule has 0 aliphatic carbocycles. The molecule has 8 heteroatoms. The molecular formula is C15H21F3N4O. The molecular weight excluding hydrogens is 309 g/mol. The van der Waals surface area contributed by atoms with Gasteiger partial charge >= 0.3 is 12.2 Å². The normalized spacial score (nSPS) is 15.1. The van der Waals surface area contributed by atoms with Crippen molar-refractivity contribution in [3.63, 3.8) is 0 Å². The molecule has 0 aromatic carbocycles. The minimum absolute atomic E-state index is 0.0150. The molecule has 0 saturated carbocycles. The van der Waals surface area contributed by atoms with Crippen LogP contribution in [0.5, 0.6) is 0 Å². The summed E-state index contributed by atoms with van der Waals surface area (Å²) in [7, 11) is 0. The first-order chi connectivity index (χ1) is 10.8. The second kappa shape index (κ2) is 7.06. The van der Waals surface area contributed by atoms with Crippen LogP contribution in [0.1, 0.15) is 37.9 Å². The van der Waals surface area contributed by atoms with Crippen molar-refractivity contribution in [1.82, 2.24) is 15.6 Å².